The second-order valence-electron chi connectivity index (χ2n) is 22.7. The molecule has 0 aromatic heterocycles. The van der Waals surface area contributed by atoms with Crippen LogP contribution in [0.2, 0.25) is 0 Å². The maximum absolute atomic E-state index is 2.55. The van der Waals surface area contributed by atoms with E-state index in [2.05, 4.69) is 275 Å². The van der Waals surface area contributed by atoms with Crippen LogP contribution in [0.25, 0.3) is 66.4 Å². The Labute approximate surface area is 406 Å². The molecule has 0 radical (unpaired) electrons. The molecule has 0 atom stereocenters. The molecule has 10 rings (SSSR count). The summed E-state index contributed by atoms with van der Waals surface area (Å²) < 4.78 is 0. The van der Waals surface area contributed by atoms with Gasteiger partial charge in [0.05, 0.1) is 11.4 Å². The lowest BCUT2D eigenvalue weighted by Gasteiger charge is -2.32. The first-order valence-electron chi connectivity index (χ1n) is 24.5. The van der Waals surface area contributed by atoms with Gasteiger partial charge in [-0.15, -0.1) is 0 Å². The summed E-state index contributed by atoms with van der Waals surface area (Å²) in [5, 5.41) is 2.48. The van der Waals surface area contributed by atoms with Crippen LogP contribution in [0.3, 0.4) is 0 Å². The van der Waals surface area contributed by atoms with Crippen molar-refractivity contribution in [1.82, 2.24) is 0 Å². The fourth-order valence-corrected chi connectivity index (χ4v) is 10.7. The number of rotatable bonds is 7. The molecule has 9 aromatic carbocycles. The maximum Gasteiger partial charge on any atom is 0.0543 e. The molecule has 68 heavy (non-hydrogen) atoms. The monoisotopic (exact) mass is 884 g/mol. The normalized spacial score (nSPS) is 13.3. The molecule has 0 spiro atoms. The number of hydrogen-bond donors (Lipinski definition) is 0. The minimum absolute atomic E-state index is 0.0112. The van der Waals surface area contributed by atoms with Gasteiger partial charge in [0.1, 0.15) is 0 Å². The lowest BCUT2D eigenvalue weighted by atomic mass is 9.78. The van der Waals surface area contributed by atoms with Crippen LogP contribution in [0.5, 0.6) is 0 Å². The molecular weight excluding hydrogens is 819 g/mol. The van der Waals surface area contributed by atoms with Gasteiger partial charge in [0.25, 0.3) is 0 Å². The second-order valence-corrected chi connectivity index (χ2v) is 22.7. The minimum Gasteiger partial charge on any atom is -0.309 e. The van der Waals surface area contributed by atoms with Crippen LogP contribution in [0.4, 0.5) is 17.1 Å². The van der Waals surface area contributed by atoms with Gasteiger partial charge in [-0.2, -0.15) is 0 Å². The summed E-state index contributed by atoms with van der Waals surface area (Å²) in [6, 6.07) is 73.3. The van der Waals surface area contributed by atoms with Crippen LogP contribution in [-0.4, -0.2) is 0 Å². The maximum atomic E-state index is 2.55. The van der Waals surface area contributed by atoms with E-state index < -0.39 is 0 Å². The second kappa shape index (κ2) is 16.7. The molecule has 0 bridgehead atoms. The van der Waals surface area contributed by atoms with Gasteiger partial charge in [0.15, 0.2) is 0 Å². The molecule has 1 heteroatoms. The van der Waals surface area contributed by atoms with Crippen molar-refractivity contribution in [2.75, 3.05) is 4.90 Å². The third-order valence-electron chi connectivity index (χ3n) is 14.5. The number of benzene rings is 9. The zero-order chi connectivity index (χ0) is 47.8. The average molecular weight is 884 g/mol. The molecule has 0 saturated carbocycles. The Kier molecular flexibility index (Phi) is 11.0. The number of para-hydroxylation sites is 1. The van der Waals surface area contributed by atoms with Crippen molar-refractivity contribution in [2.24, 2.45) is 0 Å². The molecule has 1 aliphatic carbocycles. The van der Waals surface area contributed by atoms with Crippen LogP contribution in [-0.2, 0) is 21.7 Å². The summed E-state index contributed by atoms with van der Waals surface area (Å²) in [6.45, 7) is 25.7. The molecule has 9 aromatic rings. The van der Waals surface area contributed by atoms with E-state index in [1.807, 2.05) is 0 Å². The fraction of sp³-hybridized carbons (Fsp3) is 0.224. The van der Waals surface area contributed by atoms with E-state index >= 15 is 0 Å². The molecule has 0 heterocycles. The highest BCUT2D eigenvalue weighted by molar-refractivity contribution is 6.09. The van der Waals surface area contributed by atoms with E-state index in [1.165, 1.54) is 94.2 Å². The van der Waals surface area contributed by atoms with Gasteiger partial charge < -0.3 is 4.90 Å². The van der Waals surface area contributed by atoms with E-state index in [4.69, 9.17) is 0 Å². The smallest absolute Gasteiger partial charge is 0.0543 e. The van der Waals surface area contributed by atoms with Crippen LogP contribution < -0.4 is 4.90 Å². The number of anilines is 3. The number of hydrogen-bond acceptors (Lipinski definition) is 1. The molecule has 0 amide bonds. The Hall–Kier alpha value is -6.96. The molecule has 1 aliphatic rings. The molecule has 0 unspecified atom stereocenters. The largest absolute Gasteiger partial charge is 0.309 e. The van der Waals surface area contributed by atoms with Gasteiger partial charge in [-0.3, -0.25) is 0 Å². The summed E-state index contributed by atoms with van der Waals surface area (Å²) in [6.07, 6.45) is 0. The Morgan fingerprint density at radius 2 is 0.882 bits per heavy atom. The summed E-state index contributed by atoms with van der Waals surface area (Å²) in [5.74, 6) is 0. The standard InChI is InChI=1S/C67H65N/c1-64(2,3)48-37-38-52(44-23-13-12-14-24-44)61(43-48)68(51-28-19-27-46(41-51)54-32-22-34-58-55-29-15-17-35-59(55)67(10,11)63(54)58)60-36-18-16-30-56(60)57-33-21-26-45-25-20-31-53(62(45)57)47-39-49(65(4,5)6)42-50(40-47)66(7,8)9/h12-43H,1-11H3. The van der Waals surface area contributed by atoms with Crippen LogP contribution in [0.15, 0.2) is 194 Å². The van der Waals surface area contributed by atoms with Crippen molar-refractivity contribution < 1.29 is 0 Å². The molecule has 0 aliphatic heterocycles. The number of fused-ring (bicyclic) bond motifs is 4. The molecule has 0 N–H and O–H groups in total. The average Bonchev–Trinajstić information content (AvgIpc) is 3.56. The fourth-order valence-electron chi connectivity index (χ4n) is 10.7. The molecule has 0 fully saturated rings. The third kappa shape index (κ3) is 7.96. The van der Waals surface area contributed by atoms with Crippen molar-refractivity contribution in [3.63, 3.8) is 0 Å². The minimum atomic E-state index is -0.154. The Morgan fingerprint density at radius 1 is 0.338 bits per heavy atom. The molecule has 1 nitrogen and oxygen atoms in total. The van der Waals surface area contributed by atoms with Crippen molar-refractivity contribution in [3.8, 4) is 55.6 Å². The van der Waals surface area contributed by atoms with E-state index in [1.54, 1.807) is 0 Å². The quantitative estimate of drug-likeness (QED) is 0.154. The topological polar surface area (TPSA) is 3.24 Å². The molecule has 338 valence electrons. The van der Waals surface area contributed by atoms with Gasteiger partial charge >= 0.3 is 0 Å². The Morgan fingerprint density at radius 3 is 1.57 bits per heavy atom. The van der Waals surface area contributed by atoms with Gasteiger partial charge in [-0.1, -0.05) is 246 Å². The lowest BCUT2D eigenvalue weighted by Crippen LogP contribution is -2.17. The highest BCUT2D eigenvalue weighted by Gasteiger charge is 2.37. The first-order valence-corrected chi connectivity index (χ1v) is 24.5. The predicted octanol–water partition coefficient (Wildman–Crippen LogP) is 19.2. The zero-order valence-corrected chi connectivity index (χ0v) is 41.9. The lowest BCUT2D eigenvalue weighted by molar-refractivity contribution is 0.569. The summed E-state index contributed by atoms with van der Waals surface area (Å²) in [7, 11) is 0. The zero-order valence-electron chi connectivity index (χ0n) is 41.9. The SMILES string of the molecule is CC(C)(C)c1cc(-c2cccc3cccc(-c4ccccc4N(c4cccc(-c5cccc6c5C(C)(C)c5ccccc5-6)c4)c4cc(C(C)(C)C)ccc4-c4ccccc4)c23)cc(C(C)(C)C)c1. The first-order chi connectivity index (χ1) is 32.4. The van der Waals surface area contributed by atoms with E-state index in [9.17, 15) is 0 Å². The van der Waals surface area contributed by atoms with Gasteiger partial charge in [0.2, 0.25) is 0 Å². The molecular formula is C67H65N. The first kappa shape index (κ1) is 44.9. The van der Waals surface area contributed by atoms with Crippen molar-refractivity contribution >= 4 is 27.8 Å². The summed E-state index contributed by atoms with van der Waals surface area (Å²) in [5.41, 5.74) is 22.3. The van der Waals surface area contributed by atoms with Gasteiger partial charge in [-0.25, -0.2) is 0 Å². The van der Waals surface area contributed by atoms with E-state index in [0.29, 0.717) is 0 Å². The van der Waals surface area contributed by atoms with E-state index in [0.717, 1.165) is 17.1 Å². The van der Waals surface area contributed by atoms with Crippen molar-refractivity contribution in [3.05, 3.63) is 222 Å². The highest BCUT2D eigenvalue weighted by atomic mass is 15.1. The van der Waals surface area contributed by atoms with Crippen molar-refractivity contribution in [1.29, 1.82) is 0 Å². The van der Waals surface area contributed by atoms with Crippen molar-refractivity contribution in [2.45, 2.75) is 97.8 Å². The highest BCUT2D eigenvalue weighted by Crippen LogP contribution is 2.54. The predicted molar refractivity (Wildman–Crippen MR) is 294 cm³/mol. The third-order valence-corrected chi connectivity index (χ3v) is 14.5. The Balaban J connectivity index is 1.26. The van der Waals surface area contributed by atoms with Crippen LogP contribution in [0, 0.1) is 0 Å². The number of nitrogens with zero attached hydrogens (tertiary/aromatic N) is 1. The van der Waals surface area contributed by atoms with E-state index in [-0.39, 0.29) is 21.7 Å². The molecule has 0 saturated heterocycles. The van der Waals surface area contributed by atoms with Gasteiger partial charge in [0, 0.05) is 22.2 Å². The van der Waals surface area contributed by atoms with Gasteiger partial charge in [-0.05, 0) is 124 Å². The summed E-state index contributed by atoms with van der Waals surface area (Å²) >= 11 is 0. The van der Waals surface area contributed by atoms with Crippen LogP contribution in [0.1, 0.15) is 104 Å². The van der Waals surface area contributed by atoms with Crippen LogP contribution >= 0.6 is 0 Å². The Bertz CT molecular complexity index is 3320. The summed E-state index contributed by atoms with van der Waals surface area (Å²) in [4.78, 5) is 2.55.